The van der Waals surface area contributed by atoms with Crippen LogP contribution in [0.15, 0.2) is 150 Å². The van der Waals surface area contributed by atoms with Gasteiger partial charge >= 0.3 is 0 Å². The van der Waals surface area contributed by atoms with Crippen LogP contribution in [0.5, 0.6) is 0 Å². The molecule has 3 heterocycles. The highest BCUT2D eigenvalue weighted by molar-refractivity contribution is 7.25. The first-order valence-corrected chi connectivity index (χ1v) is 15.2. The molecule has 202 valence electrons. The standard InChI is InChI=1S/C39H24N2OS/c1-2-8-25(9-3-1)26-15-17-27(18-16-26)41(28-19-20-30-29-10-4-5-14-36(29)43-37(30)24-28)34-12-6-13-35-38(34)32-21-22-33-31(39(32)42-35)11-7-23-40-33/h1-24H. The highest BCUT2D eigenvalue weighted by atomic mass is 32.1. The predicted molar refractivity (Wildman–Crippen MR) is 182 cm³/mol. The molecule has 0 aliphatic rings. The average Bonchev–Trinajstić information content (AvgIpc) is 3.64. The first-order valence-electron chi connectivity index (χ1n) is 14.4. The Bertz CT molecular complexity index is 2460. The summed E-state index contributed by atoms with van der Waals surface area (Å²) in [7, 11) is 0. The van der Waals surface area contributed by atoms with Crippen LogP contribution in [-0.2, 0) is 0 Å². The van der Waals surface area contributed by atoms with Crippen LogP contribution in [0.3, 0.4) is 0 Å². The zero-order valence-corrected chi connectivity index (χ0v) is 23.9. The van der Waals surface area contributed by atoms with Crippen LogP contribution in [0, 0.1) is 0 Å². The smallest absolute Gasteiger partial charge is 0.144 e. The number of hydrogen-bond donors (Lipinski definition) is 0. The van der Waals surface area contributed by atoms with Crippen LogP contribution in [0.25, 0.3) is 64.1 Å². The molecule has 0 saturated heterocycles. The number of nitrogens with zero attached hydrogens (tertiary/aromatic N) is 2. The van der Waals surface area contributed by atoms with E-state index in [9.17, 15) is 0 Å². The molecule has 0 bridgehead atoms. The maximum Gasteiger partial charge on any atom is 0.144 e. The molecule has 9 aromatic rings. The Balaban J connectivity index is 1.30. The molecule has 3 aromatic heterocycles. The van der Waals surface area contributed by atoms with E-state index in [2.05, 4.69) is 143 Å². The van der Waals surface area contributed by atoms with Crippen LogP contribution in [0.1, 0.15) is 0 Å². The molecular weight excluding hydrogens is 545 g/mol. The van der Waals surface area contributed by atoms with E-state index in [1.165, 1.54) is 31.3 Å². The van der Waals surface area contributed by atoms with Crippen LogP contribution >= 0.6 is 11.3 Å². The fourth-order valence-corrected chi connectivity index (χ4v) is 7.46. The van der Waals surface area contributed by atoms with Crippen molar-refractivity contribution in [1.82, 2.24) is 4.98 Å². The molecule has 0 spiro atoms. The Morgan fingerprint density at radius 3 is 2.19 bits per heavy atom. The van der Waals surface area contributed by atoms with Gasteiger partial charge in [0.05, 0.1) is 16.6 Å². The second-order valence-corrected chi connectivity index (χ2v) is 11.9. The summed E-state index contributed by atoms with van der Waals surface area (Å²) in [6.45, 7) is 0. The lowest BCUT2D eigenvalue weighted by molar-refractivity contribution is 0.672. The third-order valence-electron chi connectivity index (χ3n) is 8.32. The van der Waals surface area contributed by atoms with Gasteiger partial charge in [0.15, 0.2) is 0 Å². The minimum atomic E-state index is 0.859. The molecule has 0 unspecified atom stereocenters. The molecule has 0 saturated carbocycles. The van der Waals surface area contributed by atoms with Crippen LogP contribution in [-0.4, -0.2) is 4.98 Å². The van der Waals surface area contributed by atoms with E-state index in [0.717, 1.165) is 49.9 Å². The zero-order chi connectivity index (χ0) is 28.3. The van der Waals surface area contributed by atoms with Crippen molar-refractivity contribution in [1.29, 1.82) is 0 Å². The predicted octanol–water partition coefficient (Wildman–Crippen LogP) is 11.6. The highest BCUT2D eigenvalue weighted by Crippen LogP contribution is 2.46. The van der Waals surface area contributed by atoms with Gasteiger partial charge in [0.25, 0.3) is 0 Å². The summed E-state index contributed by atoms with van der Waals surface area (Å²) in [4.78, 5) is 6.93. The van der Waals surface area contributed by atoms with Crippen molar-refractivity contribution in [3.8, 4) is 11.1 Å². The quantitative estimate of drug-likeness (QED) is 0.211. The van der Waals surface area contributed by atoms with Gasteiger partial charge in [0.1, 0.15) is 11.2 Å². The first kappa shape index (κ1) is 24.2. The monoisotopic (exact) mass is 568 g/mol. The molecular formula is C39H24N2OS. The Kier molecular flexibility index (Phi) is 5.37. The number of thiophene rings is 1. The molecule has 0 aliphatic carbocycles. The second-order valence-electron chi connectivity index (χ2n) is 10.8. The second kappa shape index (κ2) is 9.55. The minimum absolute atomic E-state index is 0.859. The highest BCUT2D eigenvalue weighted by Gasteiger charge is 2.21. The lowest BCUT2D eigenvalue weighted by atomic mass is 10.0. The van der Waals surface area contributed by atoms with E-state index in [0.29, 0.717) is 0 Å². The van der Waals surface area contributed by atoms with Gasteiger partial charge in [0.2, 0.25) is 0 Å². The van der Waals surface area contributed by atoms with E-state index in [4.69, 9.17) is 4.42 Å². The molecule has 9 rings (SSSR count). The maximum atomic E-state index is 6.55. The Morgan fingerprint density at radius 2 is 1.28 bits per heavy atom. The van der Waals surface area contributed by atoms with E-state index in [1.54, 1.807) is 0 Å². The number of furan rings is 1. The van der Waals surface area contributed by atoms with Crippen LogP contribution in [0.2, 0.25) is 0 Å². The molecule has 3 nitrogen and oxygen atoms in total. The first-order chi connectivity index (χ1) is 21.3. The van der Waals surface area contributed by atoms with Crippen molar-refractivity contribution in [2.75, 3.05) is 4.90 Å². The van der Waals surface area contributed by atoms with E-state index in [-0.39, 0.29) is 0 Å². The maximum absolute atomic E-state index is 6.55. The third kappa shape index (κ3) is 3.84. The topological polar surface area (TPSA) is 29.3 Å². The van der Waals surface area contributed by atoms with Gasteiger partial charge in [-0.2, -0.15) is 0 Å². The number of hydrogen-bond acceptors (Lipinski definition) is 4. The van der Waals surface area contributed by atoms with Crippen molar-refractivity contribution in [3.63, 3.8) is 0 Å². The molecule has 0 amide bonds. The van der Waals surface area contributed by atoms with Crippen molar-refractivity contribution in [2.24, 2.45) is 0 Å². The number of benzene rings is 6. The molecule has 0 N–H and O–H groups in total. The lowest BCUT2D eigenvalue weighted by Gasteiger charge is -2.26. The van der Waals surface area contributed by atoms with Crippen molar-refractivity contribution in [3.05, 3.63) is 146 Å². The molecule has 0 atom stereocenters. The van der Waals surface area contributed by atoms with E-state index >= 15 is 0 Å². The minimum Gasteiger partial charge on any atom is -0.455 e. The van der Waals surface area contributed by atoms with Gasteiger partial charge < -0.3 is 9.32 Å². The van der Waals surface area contributed by atoms with Crippen LogP contribution in [0.4, 0.5) is 17.1 Å². The van der Waals surface area contributed by atoms with E-state index in [1.807, 2.05) is 23.6 Å². The lowest BCUT2D eigenvalue weighted by Crippen LogP contribution is -2.10. The van der Waals surface area contributed by atoms with Gasteiger partial charge in [-0.15, -0.1) is 11.3 Å². The molecule has 0 fully saturated rings. The summed E-state index contributed by atoms with van der Waals surface area (Å²) in [6, 6.07) is 49.5. The normalized spacial score (nSPS) is 11.7. The molecule has 4 heteroatoms. The summed E-state index contributed by atoms with van der Waals surface area (Å²) >= 11 is 1.84. The fourth-order valence-electron chi connectivity index (χ4n) is 6.32. The Morgan fingerprint density at radius 1 is 0.535 bits per heavy atom. The molecule has 0 radical (unpaired) electrons. The van der Waals surface area contributed by atoms with Crippen molar-refractivity contribution < 1.29 is 4.42 Å². The third-order valence-corrected chi connectivity index (χ3v) is 9.45. The number of rotatable bonds is 4. The van der Waals surface area contributed by atoms with Crippen molar-refractivity contribution in [2.45, 2.75) is 0 Å². The summed E-state index contributed by atoms with van der Waals surface area (Å²) in [5.74, 6) is 0. The van der Waals surface area contributed by atoms with Crippen LogP contribution < -0.4 is 4.90 Å². The fraction of sp³-hybridized carbons (Fsp3) is 0. The summed E-state index contributed by atoms with van der Waals surface area (Å²) < 4.78 is 9.12. The van der Waals surface area contributed by atoms with Crippen molar-refractivity contribution >= 4 is 81.4 Å². The molecule has 6 aromatic carbocycles. The zero-order valence-electron chi connectivity index (χ0n) is 23.1. The van der Waals surface area contributed by atoms with Gasteiger partial charge in [-0.1, -0.05) is 72.8 Å². The molecule has 43 heavy (non-hydrogen) atoms. The van der Waals surface area contributed by atoms with Gasteiger partial charge in [0, 0.05) is 48.5 Å². The Hall–Kier alpha value is -5.45. The summed E-state index contributed by atoms with van der Waals surface area (Å²) in [6.07, 6.45) is 1.83. The Labute approximate surface area is 251 Å². The summed E-state index contributed by atoms with van der Waals surface area (Å²) in [5, 5.41) is 5.78. The van der Waals surface area contributed by atoms with E-state index < -0.39 is 0 Å². The number of fused-ring (bicyclic) bond motifs is 8. The number of pyridine rings is 1. The van der Waals surface area contributed by atoms with Gasteiger partial charge in [-0.05, 0) is 77.9 Å². The number of aromatic nitrogens is 1. The summed E-state index contributed by atoms with van der Waals surface area (Å²) in [5.41, 5.74) is 8.32. The molecule has 0 aliphatic heterocycles. The van der Waals surface area contributed by atoms with Gasteiger partial charge in [-0.3, -0.25) is 4.98 Å². The number of anilines is 3. The van der Waals surface area contributed by atoms with Gasteiger partial charge in [-0.25, -0.2) is 0 Å². The largest absolute Gasteiger partial charge is 0.455 e. The average molecular weight is 569 g/mol. The SMILES string of the molecule is c1ccc(-c2ccc(N(c3ccc4c(c3)sc3ccccc34)c3cccc4oc5c6cccnc6ccc5c34)cc2)cc1.